The molecule has 0 unspecified atom stereocenters. The van der Waals surface area contributed by atoms with Crippen molar-refractivity contribution in [3.63, 3.8) is 0 Å². The van der Waals surface area contributed by atoms with E-state index in [0.717, 1.165) is 48.9 Å². The number of Topliss-reactive ketones (excluding diaryl/α,β-unsaturated/α-hetero) is 1. The first-order chi connectivity index (χ1) is 11.3. The molecule has 1 heterocycles. The maximum absolute atomic E-state index is 12.1. The number of hydrogen-bond acceptors (Lipinski definition) is 3. The highest BCUT2D eigenvalue weighted by Gasteiger charge is 2.19. The summed E-state index contributed by atoms with van der Waals surface area (Å²) in [5.74, 6) is 0.202. The second kappa shape index (κ2) is 7.27. The number of para-hydroxylation sites is 1. The van der Waals surface area contributed by atoms with E-state index in [9.17, 15) is 9.59 Å². The highest BCUT2D eigenvalue weighted by Crippen LogP contribution is 2.24. The van der Waals surface area contributed by atoms with Gasteiger partial charge in [-0.1, -0.05) is 18.2 Å². The summed E-state index contributed by atoms with van der Waals surface area (Å²) in [5.41, 5.74) is 4.32. The highest BCUT2D eigenvalue weighted by molar-refractivity contribution is 5.97. The smallest absolute Gasteiger partial charge is 0.160 e. The molecule has 0 spiro atoms. The Hall–Kier alpha value is -2.36. The lowest BCUT2D eigenvalue weighted by Gasteiger charge is -2.20. The number of aromatic nitrogens is 1. The summed E-state index contributed by atoms with van der Waals surface area (Å²) in [5, 5.41) is 4.70. The normalized spacial score (nSPS) is 15.2. The summed E-state index contributed by atoms with van der Waals surface area (Å²) in [6, 6.07) is 8.28. The van der Waals surface area contributed by atoms with E-state index in [1.165, 1.54) is 10.9 Å². The number of hydrogen-bond donors (Lipinski definition) is 2. The summed E-state index contributed by atoms with van der Waals surface area (Å²) in [6.45, 7) is 0.801. The van der Waals surface area contributed by atoms with Crippen molar-refractivity contribution < 1.29 is 9.59 Å². The molecule has 1 aliphatic rings. The fourth-order valence-corrected chi connectivity index (χ4v) is 3.27. The minimum Gasteiger partial charge on any atom is -0.388 e. The Morgan fingerprint density at radius 2 is 2.04 bits per heavy atom. The van der Waals surface area contributed by atoms with Crippen molar-refractivity contribution in [2.75, 3.05) is 6.54 Å². The Labute approximate surface area is 136 Å². The zero-order chi connectivity index (χ0) is 16.1. The van der Waals surface area contributed by atoms with Crippen LogP contribution in [0.25, 0.3) is 10.9 Å². The van der Waals surface area contributed by atoms with Crippen LogP contribution in [0.1, 0.15) is 37.7 Å². The molecule has 1 aromatic carbocycles. The van der Waals surface area contributed by atoms with E-state index < -0.39 is 0 Å². The van der Waals surface area contributed by atoms with E-state index in [0.29, 0.717) is 19.3 Å². The lowest BCUT2D eigenvalue weighted by atomic mass is 9.92. The molecule has 0 fully saturated rings. The van der Waals surface area contributed by atoms with Crippen LogP contribution in [-0.2, 0) is 16.0 Å². The number of allylic oxidation sites excluding steroid dienone is 2. The Morgan fingerprint density at radius 1 is 1.17 bits per heavy atom. The first-order valence-electron chi connectivity index (χ1n) is 8.27. The van der Waals surface area contributed by atoms with Crippen molar-refractivity contribution >= 4 is 23.0 Å². The van der Waals surface area contributed by atoms with Crippen LogP contribution in [0.15, 0.2) is 41.7 Å². The van der Waals surface area contributed by atoms with E-state index >= 15 is 0 Å². The van der Waals surface area contributed by atoms with E-state index in [-0.39, 0.29) is 5.78 Å². The second-order valence-electron chi connectivity index (χ2n) is 5.98. The molecule has 2 N–H and O–H groups in total. The minimum absolute atomic E-state index is 0.202. The van der Waals surface area contributed by atoms with Crippen LogP contribution in [0.3, 0.4) is 0 Å². The van der Waals surface area contributed by atoms with E-state index in [1.807, 2.05) is 12.1 Å². The molecule has 23 heavy (non-hydrogen) atoms. The summed E-state index contributed by atoms with van der Waals surface area (Å²) in [6.07, 6.45) is 7.27. The molecule has 0 saturated heterocycles. The molecule has 0 atom stereocenters. The highest BCUT2D eigenvalue weighted by atomic mass is 16.1. The van der Waals surface area contributed by atoms with Crippen LogP contribution in [0.4, 0.5) is 0 Å². The van der Waals surface area contributed by atoms with E-state index in [4.69, 9.17) is 0 Å². The maximum Gasteiger partial charge on any atom is 0.160 e. The van der Waals surface area contributed by atoms with Crippen molar-refractivity contribution in [2.24, 2.45) is 0 Å². The topological polar surface area (TPSA) is 62.0 Å². The Balaban J connectivity index is 1.66. The van der Waals surface area contributed by atoms with Crippen molar-refractivity contribution in [1.29, 1.82) is 0 Å². The van der Waals surface area contributed by atoms with Gasteiger partial charge in [0.25, 0.3) is 0 Å². The number of aromatic amines is 1. The third-order valence-corrected chi connectivity index (χ3v) is 4.45. The molecular weight excluding hydrogens is 288 g/mol. The lowest BCUT2D eigenvalue weighted by Crippen LogP contribution is -2.24. The first kappa shape index (κ1) is 15.5. The zero-order valence-electron chi connectivity index (χ0n) is 13.2. The minimum atomic E-state index is 0.202. The van der Waals surface area contributed by atoms with Crippen LogP contribution in [0.2, 0.25) is 0 Å². The third-order valence-electron chi connectivity index (χ3n) is 4.45. The molecule has 3 rings (SSSR count). The fraction of sp³-hybridized carbons (Fsp3) is 0.368. The van der Waals surface area contributed by atoms with Gasteiger partial charge >= 0.3 is 0 Å². The molecule has 0 saturated carbocycles. The first-order valence-corrected chi connectivity index (χ1v) is 8.27. The number of H-pyrrole nitrogens is 1. The average Bonchev–Trinajstić information content (AvgIpc) is 2.98. The van der Waals surface area contributed by atoms with Gasteiger partial charge in [-0.2, -0.15) is 0 Å². The van der Waals surface area contributed by atoms with Crippen LogP contribution in [0.5, 0.6) is 0 Å². The largest absolute Gasteiger partial charge is 0.388 e. The molecule has 0 aliphatic heterocycles. The van der Waals surface area contributed by atoms with Gasteiger partial charge in [0, 0.05) is 47.8 Å². The van der Waals surface area contributed by atoms with Crippen molar-refractivity contribution in [1.82, 2.24) is 10.3 Å². The van der Waals surface area contributed by atoms with Gasteiger partial charge in [0.2, 0.25) is 0 Å². The van der Waals surface area contributed by atoms with Crippen LogP contribution >= 0.6 is 0 Å². The molecule has 120 valence electrons. The predicted molar refractivity (Wildman–Crippen MR) is 91.2 cm³/mol. The maximum atomic E-state index is 12.1. The standard InChI is InChI=1S/C19H22N2O2/c22-12-4-6-16-18(8-3-9-19(16)23)20-11-10-14-13-21-17-7-2-1-5-15(14)17/h1-2,5,7,12-13,20-21H,3-4,6,8-11H2. The third kappa shape index (κ3) is 3.52. The van der Waals surface area contributed by atoms with Gasteiger partial charge in [-0.15, -0.1) is 0 Å². The molecule has 1 aliphatic carbocycles. The van der Waals surface area contributed by atoms with Gasteiger partial charge < -0.3 is 15.1 Å². The number of nitrogens with one attached hydrogen (secondary N) is 2. The Bertz CT molecular complexity index is 743. The van der Waals surface area contributed by atoms with Gasteiger partial charge in [0.05, 0.1) is 0 Å². The van der Waals surface area contributed by atoms with Crippen LogP contribution in [-0.4, -0.2) is 23.6 Å². The van der Waals surface area contributed by atoms with E-state index in [2.05, 4.69) is 28.6 Å². The zero-order valence-corrected chi connectivity index (χ0v) is 13.2. The lowest BCUT2D eigenvalue weighted by molar-refractivity contribution is -0.116. The van der Waals surface area contributed by atoms with Crippen LogP contribution in [0, 0.1) is 0 Å². The molecule has 0 radical (unpaired) electrons. The molecular formula is C19H22N2O2. The molecule has 1 aromatic heterocycles. The van der Waals surface area contributed by atoms with Gasteiger partial charge in [-0.3, -0.25) is 4.79 Å². The molecule has 4 heteroatoms. The molecule has 4 nitrogen and oxygen atoms in total. The Morgan fingerprint density at radius 3 is 2.91 bits per heavy atom. The number of benzene rings is 1. The number of carbonyl (C=O) groups excluding carboxylic acids is 2. The molecule has 0 amide bonds. The summed E-state index contributed by atoms with van der Waals surface area (Å²) < 4.78 is 0. The van der Waals surface area contributed by atoms with Gasteiger partial charge in [0.15, 0.2) is 5.78 Å². The summed E-state index contributed by atoms with van der Waals surface area (Å²) in [4.78, 5) is 25.9. The summed E-state index contributed by atoms with van der Waals surface area (Å²) >= 11 is 0. The summed E-state index contributed by atoms with van der Waals surface area (Å²) in [7, 11) is 0. The van der Waals surface area contributed by atoms with Gasteiger partial charge in [-0.05, 0) is 37.3 Å². The number of ketones is 1. The number of carbonyl (C=O) groups is 2. The van der Waals surface area contributed by atoms with E-state index in [1.54, 1.807) is 0 Å². The van der Waals surface area contributed by atoms with Gasteiger partial charge in [0.1, 0.15) is 6.29 Å². The number of aldehydes is 1. The average molecular weight is 310 g/mol. The predicted octanol–water partition coefficient (Wildman–Crippen LogP) is 3.29. The molecule has 0 bridgehead atoms. The second-order valence-corrected chi connectivity index (χ2v) is 5.98. The molecule has 2 aromatic rings. The number of rotatable bonds is 7. The fourth-order valence-electron chi connectivity index (χ4n) is 3.27. The number of fused-ring (bicyclic) bond motifs is 1. The van der Waals surface area contributed by atoms with Crippen molar-refractivity contribution in [2.45, 2.75) is 38.5 Å². The quantitative estimate of drug-likeness (QED) is 0.771. The van der Waals surface area contributed by atoms with Gasteiger partial charge in [-0.25, -0.2) is 0 Å². The van der Waals surface area contributed by atoms with Crippen molar-refractivity contribution in [3.8, 4) is 0 Å². The Kier molecular flexibility index (Phi) is 4.91. The van der Waals surface area contributed by atoms with Crippen LogP contribution < -0.4 is 5.32 Å². The van der Waals surface area contributed by atoms with Crippen molar-refractivity contribution in [3.05, 3.63) is 47.3 Å². The SMILES string of the molecule is O=CCCC1=C(NCCc2c[nH]c3ccccc23)CCCC1=O. The monoisotopic (exact) mass is 310 g/mol.